The number of rotatable bonds is 6. The highest BCUT2D eigenvalue weighted by Crippen LogP contribution is 2.14. The van der Waals surface area contributed by atoms with Crippen LogP contribution in [-0.2, 0) is 13.0 Å². The molecule has 0 spiro atoms. The summed E-state index contributed by atoms with van der Waals surface area (Å²) in [6, 6.07) is 11.1. The molecule has 0 saturated heterocycles. The minimum atomic E-state index is -0.520. The van der Waals surface area contributed by atoms with Gasteiger partial charge in [-0.25, -0.2) is 8.78 Å². The molecule has 0 aliphatic carbocycles. The summed E-state index contributed by atoms with van der Waals surface area (Å²) < 4.78 is 27.0. The maximum Gasteiger partial charge on any atom is 0.130 e. The van der Waals surface area contributed by atoms with Crippen molar-refractivity contribution < 1.29 is 13.9 Å². The Morgan fingerprint density at radius 3 is 2.29 bits per heavy atom. The lowest BCUT2D eigenvalue weighted by Gasteiger charge is -2.14. The lowest BCUT2D eigenvalue weighted by molar-refractivity contribution is 0.474. The first-order valence-electron chi connectivity index (χ1n) is 7.00. The Kier molecular flexibility index (Phi) is 5.28. The number of aryl methyl sites for hydroxylation is 1. The number of hydrogen-bond donors (Lipinski definition) is 2. The van der Waals surface area contributed by atoms with Crippen LogP contribution in [0.3, 0.4) is 0 Å². The number of hydrogen-bond acceptors (Lipinski definition) is 2. The quantitative estimate of drug-likeness (QED) is 0.849. The number of phenols is 1. The summed E-state index contributed by atoms with van der Waals surface area (Å²) in [4.78, 5) is 0. The van der Waals surface area contributed by atoms with Crippen molar-refractivity contribution >= 4 is 0 Å². The molecule has 0 aliphatic heterocycles. The van der Waals surface area contributed by atoms with Crippen LogP contribution in [0.25, 0.3) is 0 Å². The first-order chi connectivity index (χ1) is 10.1. The Morgan fingerprint density at radius 2 is 1.67 bits per heavy atom. The van der Waals surface area contributed by atoms with E-state index in [1.165, 1.54) is 18.2 Å². The Morgan fingerprint density at radius 1 is 1.05 bits per heavy atom. The van der Waals surface area contributed by atoms with E-state index in [2.05, 4.69) is 5.32 Å². The fourth-order valence-corrected chi connectivity index (χ4v) is 2.13. The van der Waals surface area contributed by atoms with Crippen LogP contribution in [0.2, 0.25) is 0 Å². The molecule has 0 radical (unpaired) electrons. The normalized spacial score (nSPS) is 12.3. The molecule has 1 unspecified atom stereocenters. The molecule has 0 saturated carbocycles. The molecule has 0 amide bonds. The van der Waals surface area contributed by atoms with Crippen LogP contribution >= 0.6 is 0 Å². The molecule has 2 rings (SSSR count). The van der Waals surface area contributed by atoms with Gasteiger partial charge in [0.2, 0.25) is 0 Å². The minimum Gasteiger partial charge on any atom is -0.508 e. The van der Waals surface area contributed by atoms with E-state index in [0.717, 1.165) is 18.4 Å². The van der Waals surface area contributed by atoms with E-state index in [4.69, 9.17) is 0 Å². The second kappa shape index (κ2) is 7.18. The lowest BCUT2D eigenvalue weighted by atomic mass is 10.1. The van der Waals surface area contributed by atoms with Gasteiger partial charge in [0.25, 0.3) is 0 Å². The van der Waals surface area contributed by atoms with Crippen molar-refractivity contribution in [2.75, 3.05) is 0 Å². The Balaban J connectivity index is 1.82. The summed E-state index contributed by atoms with van der Waals surface area (Å²) in [6.45, 7) is 2.16. The van der Waals surface area contributed by atoms with E-state index < -0.39 is 11.6 Å². The lowest BCUT2D eigenvalue weighted by Crippen LogP contribution is -2.26. The van der Waals surface area contributed by atoms with Crippen LogP contribution in [0.1, 0.15) is 24.5 Å². The van der Waals surface area contributed by atoms with Crippen molar-refractivity contribution in [3.8, 4) is 5.75 Å². The number of aromatic hydroxyl groups is 1. The van der Waals surface area contributed by atoms with E-state index in [0.29, 0.717) is 0 Å². The maximum absolute atomic E-state index is 13.5. The molecular formula is C17H19F2NO. The predicted molar refractivity (Wildman–Crippen MR) is 79.1 cm³/mol. The Bertz CT molecular complexity index is 564. The van der Waals surface area contributed by atoms with Gasteiger partial charge in [0, 0.05) is 18.2 Å². The fraction of sp³-hybridized carbons (Fsp3) is 0.294. The van der Waals surface area contributed by atoms with Gasteiger partial charge in [0.1, 0.15) is 17.4 Å². The van der Waals surface area contributed by atoms with Gasteiger partial charge in [-0.05, 0) is 49.6 Å². The molecule has 0 fully saturated rings. The van der Waals surface area contributed by atoms with Crippen LogP contribution in [0, 0.1) is 11.6 Å². The van der Waals surface area contributed by atoms with Gasteiger partial charge in [-0.15, -0.1) is 0 Å². The molecule has 0 bridgehead atoms. The second-order valence-electron chi connectivity index (χ2n) is 5.19. The van der Waals surface area contributed by atoms with Gasteiger partial charge < -0.3 is 10.4 Å². The zero-order valence-corrected chi connectivity index (χ0v) is 11.9. The SMILES string of the molecule is CC(CCc1ccc(O)cc1)NCc1c(F)cccc1F. The van der Waals surface area contributed by atoms with E-state index in [1.54, 1.807) is 12.1 Å². The molecule has 0 aromatic heterocycles. The summed E-state index contributed by atoms with van der Waals surface area (Å²) in [7, 11) is 0. The number of halogens is 2. The van der Waals surface area contributed by atoms with Crippen molar-refractivity contribution in [1.82, 2.24) is 5.32 Å². The molecule has 112 valence electrons. The molecule has 4 heteroatoms. The third-order valence-electron chi connectivity index (χ3n) is 3.49. The zero-order valence-electron chi connectivity index (χ0n) is 11.9. The standard InChI is InChI=1S/C17H19F2NO/c1-12(5-6-13-7-9-14(21)10-8-13)20-11-15-16(18)3-2-4-17(15)19/h2-4,7-10,12,20-21H,5-6,11H2,1H3. The fourth-order valence-electron chi connectivity index (χ4n) is 2.13. The zero-order chi connectivity index (χ0) is 15.2. The van der Waals surface area contributed by atoms with Crippen LogP contribution in [0.15, 0.2) is 42.5 Å². The smallest absolute Gasteiger partial charge is 0.130 e. The van der Waals surface area contributed by atoms with Crippen molar-refractivity contribution in [2.45, 2.75) is 32.4 Å². The second-order valence-corrected chi connectivity index (χ2v) is 5.19. The van der Waals surface area contributed by atoms with Gasteiger partial charge in [-0.1, -0.05) is 18.2 Å². The average molecular weight is 291 g/mol. The summed E-state index contributed by atoms with van der Waals surface area (Å²) in [6.07, 6.45) is 1.69. The summed E-state index contributed by atoms with van der Waals surface area (Å²) in [5.74, 6) is -0.790. The minimum absolute atomic E-state index is 0.0778. The third-order valence-corrected chi connectivity index (χ3v) is 3.49. The molecule has 2 aromatic carbocycles. The average Bonchev–Trinajstić information content (AvgIpc) is 2.46. The van der Waals surface area contributed by atoms with Crippen LogP contribution in [0.5, 0.6) is 5.75 Å². The van der Waals surface area contributed by atoms with E-state index in [1.807, 2.05) is 19.1 Å². The molecule has 21 heavy (non-hydrogen) atoms. The summed E-state index contributed by atoms with van der Waals surface area (Å²) in [5.41, 5.74) is 1.20. The van der Waals surface area contributed by atoms with Gasteiger partial charge in [-0.2, -0.15) is 0 Å². The van der Waals surface area contributed by atoms with Crippen LogP contribution in [0.4, 0.5) is 8.78 Å². The molecule has 2 N–H and O–H groups in total. The van der Waals surface area contributed by atoms with Crippen molar-refractivity contribution in [3.63, 3.8) is 0 Å². The van der Waals surface area contributed by atoms with Crippen LogP contribution < -0.4 is 5.32 Å². The molecule has 2 aromatic rings. The van der Waals surface area contributed by atoms with Gasteiger partial charge in [0.05, 0.1) is 0 Å². The van der Waals surface area contributed by atoms with E-state index in [9.17, 15) is 13.9 Å². The molecule has 1 atom stereocenters. The largest absolute Gasteiger partial charge is 0.508 e. The molecule has 0 heterocycles. The number of nitrogens with one attached hydrogen (secondary N) is 1. The van der Waals surface area contributed by atoms with Gasteiger partial charge in [-0.3, -0.25) is 0 Å². The monoisotopic (exact) mass is 291 g/mol. The topological polar surface area (TPSA) is 32.3 Å². The highest BCUT2D eigenvalue weighted by molar-refractivity contribution is 5.26. The predicted octanol–water partition coefficient (Wildman–Crippen LogP) is 3.78. The molecule has 0 aliphatic rings. The number of benzene rings is 2. The Labute approximate surface area is 123 Å². The summed E-state index contributed by atoms with van der Waals surface area (Å²) in [5, 5.41) is 12.3. The van der Waals surface area contributed by atoms with Gasteiger partial charge >= 0.3 is 0 Å². The highest BCUT2D eigenvalue weighted by Gasteiger charge is 2.09. The highest BCUT2D eigenvalue weighted by atomic mass is 19.1. The first kappa shape index (κ1) is 15.4. The van der Waals surface area contributed by atoms with E-state index >= 15 is 0 Å². The van der Waals surface area contributed by atoms with Crippen LogP contribution in [-0.4, -0.2) is 11.1 Å². The maximum atomic E-state index is 13.5. The Hall–Kier alpha value is -1.94. The molecule has 2 nitrogen and oxygen atoms in total. The molecular weight excluding hydrogens is 272 g/mol. The van der Waals surface area contributed by atoms with Gasteiger partial charge in [0.15, 0.2) is 0 Å². The number of phenolic OH excluding ortho intramolecular Hbond substituents is 1. The summed E-state index contributed by atoms with van der Waals surface area (Å²) >= 11 is 0. The van der Waals surface area contributed by atoms with Crippen molar-refractivity contribution in [2.24, 2.45) is 0 Å². The van der Waals surface area contributed by atoms with Crippen molar-refractivity contribution in [1.29, 1.82) is 0 Å². The van der Waals surface area contributed by atoms with Crippen molar-refractivity contribution in [3.05, 3.63) is 65.2 Å². The van der Waals surface area contributed by atoms with E-state index in [-0.39, 0.29) is 23.9 Å². The first-order valence-corrected chi connectivity index (χ1v) is 7.00. The third kappa shape index (κ3) is 4.53.